The van der Waals surface area contributed by atoms with Crippen LogP contribution in [0.1, 0.15) is 31.2 Å². The molecular formula is C23H31IN6. The van der Waals surface area contributed by atoms with Crippen molar-refractivity contribution in [2.24, 2.45) is 4.99 Å². The summed E-state index contributed by atoms with van der Waals surface area (Å²) in [5.74, 6) is 0.862. The summed E-state index contributed by atoms with van der Waals surface area (Å²) in [4.78, 5) is 12.0. The number of piperidine rings is 1. The predicted octanol–water partition coefficient (Wildman–Crippen LogP) is 3.98. The minimum Gasteiger partial charge on any atom is -0.369 e. The second kappa shape index (κ2) is 10.7. The van der Waals surface area contributed by atoms with Crippen molar-refractivity contribution in [2.45, 2.75) is 39.3 Å². The quantitative estimate of drug-likeness (QED) is 0.305. The van der Waals surface area contributed by atoms with E-state index in [9.17, 15) is 0 Å². The smallest absolute Gasteiger partial charge is 0.191 e. The van der Waals surface area contributed by atoms with Gasteiger partial charge < -0.3 is 19.9 Å². The minimum atomic E-state index is 0. The van der Waals surface area contributed by atoms with Crippen molar-refractivity contribution in [3.8, 4) is 0 Å². The van der Waals surface area contributed by atoms with Crippen LogP contribution < -0.4 is 15.5 Å². The van der Waals surface area contributed by atoms with Crippen molar-refractivity contribution in [1.82, 2.24) is 20.0 Å². The van der Waals surface area contributed by atoms with Gasteiger partial charge in [0.05, 0.1) is 12.2 Å². The molecule has 1 aromatic carbocycles. The van der Waals surface area contributed by atoms with Gasteiger partial charge >= 0.3 is 0 Å². The summed E-state index contributed by atoms with van der Waals surface area (Å²) in [7, 11) is 0. The van der Waals surface area contributed by atoms with E-state index < -0.39 is 0 Å². The zero-order chi connectivity index (χ0) is 20.1. The molecule has 2 N–H and O–H groups in total. The van der Waals surface area contributed by atoms with Crippen LogP contribution in [0.2, 0.25) is 0 Å². The Morgan fingerprint density at radius 3 is 2.77 bits per heavy atom. The highest BCUT2D eigenvalue weighted by Gasteiger charge is 2.21. The maximum atomic E-state index is 4.80. The Morgan fingerprint density at radius 2 is 2.00 bits per heavy atom. The van der Waals surface area contributed by atoms with Gasteiger partial charge in [0.15, 0.2) is 5.96 Å². The first-order valence-corrected chi connectivity index (χ1v) is 10.5. The second-order valence-electron chi connectivity index (χ2n) is 7.59. The first-order valence-electron chi connectivity index (χ1n) is 10.5. The van der Waals surface area contributed by atoms with E-state index in [1.54, 1.807) is 0 Å². The van der Waals surface area contributed by atoms with E-state index in [2.05, 4.69) is 76.4 Å². The monoisotopic (exact) mass is 518 g/mol. The fourth-order valence-electron chi connectivity index (χ4n) is 3.92. The molecule has 0 aliphatic carbocycles. The lowest BCUT2D eigenvalue weighted by Gasteiger charge is -2.35. The molecule has 0 spiro atoms. The molecule has 0 amide bonds. The molecule has 6 nitrogen and oxygen atoms in total. The van der Waals surface area contributed by atoms with Crippen molar-refractivity contribution in [3.63, 3.8) is 0 Å². The highest BCUT2D eigenvalue weighted by Crippen LogP contribution is 2.19. The first kappa shape index (κ1) is 22.4. The molecule has 1 aliphatic rings. The fourth-order valence-corrected chi connectivity index (χ4v) is 3.92. The third-order valence-electron chi connectivity index (χ3n) is 5.37. The van der Waals surface area contributed by atoms with Crippen LogP contribution in [0.3, 0.4) is 0 Å². The summed E-state index contributed by atoms with van der Waals surface area (Å²) in [6, 6.07) is 17.2. The maximum Gasteiger partial charge on any atom is 0.191 e. The maximum absolute atomic E-state index is 4.80. The van der Waals surface area contributed by atoms with Crippen LogP contribution in [-0.4, -0.2) is 41.0 Å². The summed E-state index contributed by atoms with van der Waals surface area (Å²) in [5.41, 5.74) is 4.42. The van der Waals surface area contributed by atoms with E-state index in [4.69, 9.17) is 9.98 Å². The molecule has 7 heteroatoms. The van der Waals surface area contributed by atoms with Crippen LogP contribution >= 0.6 is 24.0 Å². The molecule has 1 fully saturated rings. The topological polar surface area (TPSA) is 57.0 Å². The fraction of sp³-hybridized carbons (Fsp3) is 0.391. The molecule has 2 aromatic heterocycles. The molecule has 0 bridgehead atoms. The predicted molar refractivity (Wildman–Crippen MR) is 135 cm³/mol. The number of hydrogen-bond donors (Lipinski definition) is 2. The number of nitrogens with one attached hydrogen (secondary N) is 2. The third-order valence-corrected chi connectivity index (χ3v) is 5.37. The van der Waals surface area contributed by atoms with E-state index in [-0.39, 0.29) is 24.0 Å². The number of fused-ring (bicyclic) bond motifs is 1. The molecule has 3 aromatic rings. The van der Waals surface area contributed by atoms with Gasteiger partial charge in [-0.2, -0.15) is 0 Å². The average molecular weight is 518 g/mol. The largest absolute Gasteiger partial charge is 0.369 e. The molecule has 0 saturated carbocycles. The van der Waals surface area contributed by atoms with E-state index in [0.717, 1.165) is 43.4 Å². The Morgan fingerprint density at radius 1 is 1.17 bits per heavy atom. The Balaban J connectivity index is 0.00000256. The van der Waals surface area contributed by atoms with Gasteiger partial charge in [0.2, 0.25) is 0 Å². The highest BCUT2D eigenvalue weighted by atomic mass is 127. The average Bonchev–Trinajstić information content (AvgIpc) is 3.18. The van der Waals surface area contributed by atoms with E-state index in [1.165, 1.54) is 17.8 Å². The Hall–Kier alpha value is -2.29. The van der Waals surface area contributed by atoms with Gasteiger partial charge in [-0.05, 0) is 51.0 Å². The standard InChI is InChI=1S/C23H30N6.HI/c1-3-24-23(25-15-20-17-29-18(2)9-7-13-22(29)26-20)27-19-10-8-14-28(16-19)21-11-5-4-6-12-21;/h4-7,9,11-13,17,19H,3,8,10,14-16H2,1-2H3,(H2,24,25,27);1H. The molecule has 160 valence electrons. The van der Waals surface area contributed by atoms with Crippen LogP contribution in [0.5, 0.6) is 0 Å². The number of benzene rings is 1. The van der Waals surface area contributed by atoms with Crippen LogP contribution in [0.15, 0.2) is 59.7 Å². The lowest BCUT2D eigenvalue weighted by atomic mass is 10.1. The highest BCUT2D eigenvalue weighted by molar-refractivity contribution is 14.0. The van der Waals surface area contributed by atoms with E-state index in [1.807, 2.05) is 12.1 Å². The second-order valence-corrected chi connectivity index (χ2v) is 7.59. The number of hydrogen-bond acceptors (Lipinski definition) is 3. The van der Waals surface area contributed by atoms with Crippen LogP contribution in [0, 0.1) is 6.92 Å². The van der Waals surface area contributed by atoms with Gasteiger partial charge in [-0.3, -0.25) is 0 Å². The number of aromatic nitrogens is 2. The molecule has 1 unspecified atom stereocenters. The molecule has 1 aliphatic heterocycles. The van der Waals surface area contributed by atoms with Gasteiger partial charge in [0.25, 0.3) is 0 Å². The Bertz CT molecular complexity index is 968. The van der Waals surface area contributed by atoms with Crippen molar-refractivity contribution in [1.29, 1.82) is 0 Å². The van der Waals surface area contributed by atoms with Crippen LogP contribution in [0.25, 0.3) is 5.65 Å². The molecule has 0 radical (unpaired) electrons. The summed E-state index contributed by atoms with van der Waals surface area (Å²) in [6.07, 6.45) is 4.41. The number of anilines is 1. The van der Waals surface area contributed by atoms with E-state index in [0.29, 0.717) is 12.6 Å². The lowest BCUT2D eigenvalue weighted by Crippen LogP contribution is -2.51. The summed E-state index contributed by atoms with van der Waals surface area (Å²) < 4.78 is 2.12. The number of nitrogens with zero attached hydrogens (tertiary/aromatic N) is 4. The Labute approximate surface area is 195 Å². The zero-order valence-corrected chi connectivity index (χ0v) is 20.0. The van der Waals surface area contributed by atoms with E-state index >= 15 is 0 Å². The molecule has 1 atom stereocenters. The minimum absolute atomic E-state index is 0. The van der Waals surface area contributed by atoms with Gasteiger partial charge in [-0.25, -0.2) is 9.98 Å². The third kappa shape index (κ3) is 5.44. The van der Waals surface area contributed by atoms with Crippen LogP contribution in [0.4, 0.5) is 5.69 Å². The zero-order valence-electron chi connectivity index (χ0n) is 17.7. The number of guanidine groups is 1. The number of rotatable bonds is 5. The van der Waals surface area contributed by atoms with Gasteiger partial charge in [-0.1, -0.05) is 24.3 Å². The van der Waals surface area contributed by atoms with Crippen molar-refractivity contribution in [3.05, 3.63) is 66.1 Å². The SMILES string of the molecule is CCNC(=NCc1cn2c(C)cccc2n1)NC1CCCN(c2ccccc2)C1.I. The number of aliphatic imine (C=N–C) groups is 1. The van der Waals surface area contributed by atoms with Gasteiger partial charge in [0.1, 0.15) is 5.65 Å². The van der Waals surface area contributed by atoms with Crippen molar-refractivity contribution in [2.75, 3.05) is 24.5 Å². The number of pyridine rings is 1. The van der Waals surface area contributed by atoms with Gasteiger partial charge in [0, 0.05) is 43.3 Å². The van der Waals surface area contributed by atoms with Crippen molar-refractivity contribution < 1.29 is 0 Å². The normalized spacial score (nSPS) is 16.9. The first-order chi connectivity index (χ1) is 14.2. The summed E-state index contributed by atoms with van der Waals surface area (Å²) >= 11 is 0. The molecule has 30 heavy (non-hydrogen) atoms. The number of para-hydroxylation sites is 1. The number of halogens is 1. The summed E-state index contributed by atoms with van der Waals surface area (Å²) in [5, 5.41) is 7.02. The Kier molecular flexibility index (Phi) is 7.95. The van der Waals surface area contributed by atoms with Crippen molar-refractivity contribution >= 4 is 41.3 Å². The molecular weight excluding hydrogens is 487 g/mol. The lowest BCUT2D eigenvalue weighted by molar-refractivity contribution is 0.468. The number of imidazole rings is 1. The number of aryl methyl sites for hydroxylation is 1. The molecule has 4 rings (SSSR count). The summed E-state index contributed by atoms with van der Waals surface area (Å²) in [6.45, 7) is 7.69. The van der Waals surface area contributed by atoms with Crippen LogP contribution in [-0.2, 0) is 6.54 Å². The van der Waals surface area contributed by atoms with Gasteiger partial charge in [-0.15, -0.1) is 24.0 Å². The molecule has 3 heterocycles. The molecule has 1 saturated heterocycles.